The second-order valence-electron chi connectivity index (χ2n) is 5.49. The van der Waals surface area contributed by atoms with Crippen LogP contribution in [0.2, 0.25) is 0 Å². The first-order chi connectivity index (χ1) is 9.83. The van der Waals surface area contributed by atoms with E-state index in [0.29, 0.717) is 22.7 Å². The quantitative estimate of drug-likeness (QED) is 0.793. The maximum absolute atomic E-state index is 12.2. The van der Waals surface area contributed by atoms with Crippen LogP contribution in [0.5, 0.6) is 0 Å². The Morgan fingerprint density at radius 3 is 2.71 bits per heavy atom. The highest BCUT2D eigenvalue weighted by molar-refractivity contribution is 7.18. The molecule has 21 heavy (non-hydrogen) atoms. The molecule has 1 heterocycles. The molecule has 3 N–H and O–H groups in total. The van der Waals surface area contributed by atoms with E-state index < -0.39 is 11.4 Å². The third-order valence-corrected chi connectivity index (χ3v) is 4.88. The van der Waals surface area contributed by atoms with Crippen LogP contribution in [-0.2, 0) is 9.59 Å². The van der Waals surface area contributed by atoms with E-state index in [1.807, 2.05) is 0 Å². The molecule has 2 amide bonds. The van der Waals surface area contributed by atoms with Crippen LogP contribution >= 0.6 is 11.3 Å². The first kappa shape index (κ1) is 15.5. The third-order valence-electron chi connectivity index (χ3n) is 3.88. The highest BCUT2D eigenvalue weighted by Crippen LogP contribution is 2.38. The molecule has 2 atom stereocenters. The molecule has 2 rings (SSSR count). The van der Waals surface area contributed by atoms with Gasteiger partial charge >= 0.3 is 5.97 Å². The Morgan fingerprint density at radius 2 is 2.10 bits per heavy atom. The molecular weight excluding hydrogens is 292 g/mol. The Bertz CT molecular complexity index is 583. The smallest absolute Gasteiger partial charge is 0.311 e. The minimum Gasteiger partial charge on any atom is -0.481 e. The summed E-state index contributed by atoms with van der Waals surface area (Å²) in [7, 11) is 0. The van der Waals surface area contributed by atoms with Crippen molar-refractivity contribution in [1.82, 2.24) is 5.32 Å². The average molecular weight is 310 g/mol. The second kappa shape index (κ2) is 5.85. The van der Waals surface area contributed by atoms with Crippen molar-refractivity contribution in [2.75, 3.05) is 5.32 Å². The first-order valence-corrected chi connectivity index (χ1v) is 7.56. The van der Waals surface area contributed by atoms with Gasteiger partial charge in [0.05, 0.1) is 15.3 Å². The van der Waals surface area contributed by atoms with E-state index in [1.165, 1.54) is 18.3 Å². The maximum Gasteiger partial charge on any atom is 0.311 e. The molecule has 0 bridgehead atoms. The average Bonchev–Trinajstić information content (AvgIpc) is 2.97. The van der Waals surface area contributed by atoms with Gasteiger partial charge in [0, 0.05) is 13.0 Å². The molecule has 1 aromatic rings. The Hall–Kier alpha value is -1.89. The number of carbonyl (C=O) groups is 3. The molecule has 0 saturated heterocycles. The number of carboxylic acids is 1. The molecule has 6 nitrogen and oxygen atoms in total. The normalized spacial score (nSPS) is 24.6. The standard InChI is InChI=1S/C14H18N2O4S/c1-8(17)15-11-6-5-9(21-11)12(18)16-10-4-3-7-14(10,2)13(19)20/h5-6,10H,3-4,7H2,1-2H3,(H,15,17)(H,16,18)(H,19,20). The number of nitrogens with one attached hydrogen (secondary N) is 2. The number of hydrogen-bond donors (Lipinski definition) is 3. The van der Waals surface area contributed by atoms with Crippen molar-refractivity contribution >= 4 is 34.1 Å². The van der Waals surface area contributed by atoms with E-state index in [9.17, 15) is 19.5 Å². The van der Waals surface area contributed by atoms with E-state index >= 15 is 0 Å². The summed E-state index contributed by atoms with van der Waals surface area (Å²) in [5.74, 6) is -1.37. The zero-order valence-electron chi connectivity index (χ0n) is 11.9. The number of amides is 2. The molecule has 1 aromatic heterocycles. The number of aliphatic carboxylic acids is 1. The lowest BCUT2D eigenvalue weighted by atomic mass is 9.85. The fourth-order valence-electron chi connectivity index (χ4n) is 2.58. The van der Waals surface area contributed by atoms with Crippen molar-refractivity contribution in [3.63, 3.8) is 0 Å². The summed E-state index contributed by atoms with van der Waals surface area (Å²) in [6, 6.07) is 2.92. The molecule has 1 fully saturated rings. The van der Waals surface area contributed by atoms with Crippen LogP contribution in [0.1, 0.15) is 42.8 Å². The van der Waals surface area contributed by atoms with E-state index in [0.717, 1.165) is 6.42 Å². The minimum atomic E-state index is -0.909. The van der Waals surface area contributed by atoms with Gasteiger partial charge in [-0.25, -0.2) is 0 Å². The van der Waals surface area contributed by atoms with Gasteiger partial charge in [-0.3, -0.25) is 14.4 Å². The van der Waals surface area contributed by atoms with Gasteiger partial charge in [0.1, 0.15) is 0 Å². The number of thiophene rings is 1. The fraction of sp³-hybridized carbons (Fsp3) is 0.500. The Kier molecular flexibility index (Phi) is 4.32. The summed E-state index contributed by atoms with van der Waals surface area (Å²) < 4.78 is 0. The van der Waals surface area contributed by atoms with Crippen molar-refractivity contribution in [3.8, 4) is 0 Å². The lowest BCUT2D eigenvalue weighted by Gasteiger charge is -2.27. The molecule has 0 aliphatic heterocycles. The molecular formula is C14H18N2O4S. The van der Waals surface area contributed by atoms with Gasteiger partial charge in [0.15, 0.2) is 0 Å². The van der Waals surface area contributed by atoms with Crippen molar-refractivity contribution in [1.29, 1.82) is 0 Å². The SMILES string of the molecule is CC(=O)Nc1ccc(C(=O)NC2CCCC2(C)C(=O)O)s1. The van der Waals surface area contributed by atoms with Gasteiger partial charge in [-0.1, -0.05) is 6.42 Å². The molecule has 0 aromatic carbocycles. The largest absolute Gasteiger partial charge is 0.481 e. The van der Waals surface area contributed by atoms with Crippen molar-refractivity contribution in [2.45, 2.75) is 39.2 Å². The third kappa shape index (κ3) is 3.24. The lowest BCUT2D eigenvalue weighted by molar-refractivity contribution is -0.148. The lowest BCUT2D eigenvalue weighted by Crippen LogP contribution is -2.46. The number of anilines is 1. The van der Waals surface area contributed by atoms with Crippen LogP contribution in [0.25, 0.3) is 0 Å². The Morgan fingerprint density at radius 1 is 1.38 bits per heavy atom. The number of carbonyl (C=O) groups excluding carboxylic acids is 2. The van der Waals surface area contributed by atoms with Gasteiger partial charge in [-0.05, 0) is 31.9 Å². The zero-order valence-corrected chi connectivity index (χ0v) is 12.8. The Labute approximate surface area is 126 Å². The first-order valence-electron chi connectivity index (χ1n) is 6.74. The summed E-state index contributed by atoms with van der Waals surface area (Å²) in [6.45, 7) is 3.07. The van der Waals surface area contributed by atoms with Crippen LogP contribution in [0.15, 0.2) is 12.1 Å². The van der Waals surface area contributed by atoms with E-state index in [4.69, 9.17) is 0 Å². The van der Waals surface area contributed by atoms with E-state index in [1.54, 1.807) is 19.1 Å². The molecule has 0 radical (unpaired) electrons. The number of carboxylic acid groups (broad SMARTS) is 1. The summed E-state index contributed by atoms with van der Waals surface area (Å²) in [5, 5.41) is 15.4. The van der Waals surface area contributed by atoms with Crippen LogP contribution in [0.3, 0.4) is 0 Å². The molecule has 1 aliphatic rings. The van der Waals surface area contributed by atoms with E-state index in [-0.39, 0.29) is 17.9 Å². The summed E-state index contributed by atoms with van der Waals surface area (Å²) in [6.07, 6.45) is 2.02. The molecule has 1 aliphatic carbocycles. The highest BCUT2D eigenvalue weighted by atomic mass is 32.1. The molecule has 114 valence electrons. The van der Waals surface area contributed by atoms with Crippen LogP contribution < -0.4 is 10.6 Å². The molecule has 7 heteroatoms. The Balaban J connectivity index is 2.06. The van der Waals surface area contributed by atoms with Gasteiger partial charge in [0.2, 0.25) is 5.91 Å². The summed E-state index contributed by atoms with van der Waals surface area (Å²) in [4.78, 5) is 35.0. The molecule has 1 saturated carbocycles. The van der Waals surface area contributed by atoms with Gasteiger partial charge in [-0.15, -0.1) is 11.3 Å². The monoisotopic (exact) mass is 310 g/mol. The predicted octanol–water partition coefficient (Wildman–Crippen LogP) is 2.08. The second-order valence-corrected chi connectivity index (χ2v) is 6.57. The van der Waals surface area contributed by atoms with Crippen LogP contribution in [0.4, 0.5) is 5.00 Å². The van der Waals surface area contributed by atoms with Gasteiger partial charge in [-0.2, -0.15) is 0 Å². The molecule has 2 unspecified atom stereocenters. The summed E-state index contributed by atoms with van der Waals surface area (Å²) in [5.41, 5.74) is -0.909. The zero-order chi connectivity index (χ0) is 15.6. The van der Waals surface area contributed by atoms with Crippen LogP contribution in [-0.4, -0.2) is 28.9 Å². The minimum absolute atomic E-state index is 0.196. The van der Waals surface area contributed by atoms with Crippen molar-refractivity contribution < 1.29 is 19.5 Å². The van der Waals surface area contributed by atoms with Crippen molar-refractivity contribution in [3.05, 3.63) is 17.0 Å². The fourth-order valence-corrected chi connectivity index (χ4v) is 3.44. The highest BCUT2D eigenvalue weighted by Gasteiger charge is 2.46. The number of hydrogen-bond acceptors (Lipinski definition) is 4. The van der Waals surface area contributed by atoms with Crippen LogP contribution in [0, 0.1) is 5.41 Å². The predicted molar refractivity (Wildman–Crippen MR) is 79.5 cm³/mol. The number of rotatable bonds is 4. The maximum atomic E-state index is 12.2. The molecule has 0 spiro atoms. The van der Waals surface area contributed by atoms with E-state index in [2.05, 4.69) is 10.6 Å². The van der Waals surface area contributed by atoms with Gasteiger partial charge < -0.3 is 15.7 Å². The van der Waals surface area contributed by atoms with Crippen molar-refractivity contribution in [2.24, 2.45) is 5.41 Å². The van der Waals surface area contributed by atoms with Gasteiger partial charge in [0.25, 0.3) is 5.91 Å². The summed E-state index contributed by atoms with van der Waals surface area (Å²) >= 11 is 1.17. The topological polar surface area (TPSA) is 95.5 Å².